The Morgan fingerprint density at radius 3 is 2.70 bits per heavy atom. The number of piperidine rings is 1. The Balaban J connectivity index is 1.83. The molecule has 2 heterocycles. The molecule has 0 aliphatic carbocycles. The SMILES string of the molecule is CCCNCc1cc(CN2CCC(CC)CC2)c(C)o1. The highest BCUT2D eigenvalue weighted by molar-refractivity contribution is 5.20. The second-order valence-corrected chi connectivity index (χ2v) is 6.10. The van der Waals surface area contributed by atoms with Crippen LogP contribution in [0.4, 0.5) is 0 Å². The zero-order chi connectivity index (χ0) is 14.4. The van der Waals surface area contributed by atoms with Gasteiger partial charge in [-0.15, -0.1) is 0 Å². The largest absolute Gasteiger partial charge is 0.465 e. The van der Waals surface area contributed by atoms with Crippen molar-refractivity contribution in [3.8, 4) is 0 Å². The minimum atomic E-state index is 0.854. The van der Waals surface area contributed by atoms with Crippen LogP contribution in [0.3, 0.4) is 0 Å². The fraction of sp³-hybridized carbons (Fsp3) is 0.765. The van der Waals surface area contributed by atoms with E-state index in [2.05, 4.69) is 37.1 Å². The fourth-order valence-corrected chi connectivity index (χ4v) is 3.01. The summed E-state index contributed by atoms with van der Waals surface area (Å²) in [5.74, 6) is 3.12. The number of aryl methyl sites for hydroxylation is 1. The first-order valence-electron chi connectivity index (χ1n) is 8.24. The van der Waals surface area contributed by atoms with Gasteiger partial charge in [0, 0.05) is 12.1 Å². The molecular formula is C17H30N2O. The van der Waals surface area contributed by atoms with E-state index in [-0.39, 0.29) is 0 Å². The second kappa shape index (κ2) is 7.84. The van der Waals surface area contributed by atoms with Gasteiger partial charge in [0.15, 0.2) is 0 Å². The molecule has 1 aromatic rings. The Morgan fingerprint density at radius 2 is 2.05 bits per heavy atom. The third-order valence-electron chi connectivity index (χ3n) is 4.48. The Hall–Kier alpha value is -0.800. The van der Waals surface area contributed by atoms with E-state index in [4.69, 9.17) is 4.42 Å². The van der Waals surface area contributed by atoms with Gasteiger partial charge in [0.1, 0.15) is 11.5 Å². The summed E-state index contributed by atoms with van der Waals surface area (Å²) in [6, 6.07) is 2.24. The molecule has 0 atom stereocenters. The average molecular weight is 278 g/mol. The maximum Gasteiger partial charge on any atom is 0.118 e. The van der Waals surface area contributed by atoms with Crippen LogP contribution in [0.5, 0.6) is 0 Å². The molecule has 0 spiro atoms. The molecule has 0 unspecified atom stereocenters. The predicted octanol–water partition coefficient (Wildman–Crippen LogP) is 3.71. The van der Waals surface area contributed by atoms with Crippen LogP contribution in [-0.2, 0) is 13.1 Å². The number of hydrogen-bond acceptors (Lipinski definition) is 3. The lowest BCUT2D eigenvalue weighted by molar-refractivity contribution is 0.174. The van der Waals surface area contributed by atoms with Gasteiger partial charge in [-0.3, -0.25) is 4.90 Å². The average Bonchev–Trinajstić information content (AvgIpc) is 2.80. The van der Waals surface area contributed by atoms with Crippen molar-refractivity contribution in [3.63, 3.8) is 0 Å². The third-order valence-corrected chi connectivity index (χ3v) is 4.48. The summed E-state index contributed by atoms with van der Waals surface area (Å²) in [7, 11) is 0. The minimum absolute atomic E-state index is 0.854. The lowest BCUT2D eigenvalue weighted by Gasteiger charge is -2.31. The minimum Gasteiger partial charge on any atom is -0.465 e. The molecule has 0 radical (unpaired) electrons. The molecule has 2 rings (SSSR count). The molecule has 1 aliphatic heterocycles. The molecule has 1 aliphatic rings. The van der Waals surface area contributed by atoms with E-state index in [0.717, 1.165) is 37.1 Å². The van der Waals surface area contributed by atoms with Crippen molar-refractivity contribution < 1.29 is 4.42 Å². The summed E-state index contributed by atoms with van der Waals surface area (Å²) in [4.78, 5) is 2.58. The van der Waals surface area contributed by atoms with Crippen molar-refractivity contribution in [1.82, 2.24) is 10.2 Å². The molecule has 3 nitrogen and oxygen atoms in total. The highest BCUT2D eigenvalue weighted by Gasteiger charge is 2.19. The highest BCUT2D eigenvalue weighted by Crippen LogP contribution is 2.23. The maximum atomic E-state index is 5.86. The second-order valence-electron chi connectivity index (χ2n) is 6.10. The molecular weight excluding hydrogens is 248 g/mol. The molecule has 0 bridgehead atoms. The van der Waals surface area contributed by atoms with Crippen LogP contribution in [-0.4, -0.2) is 24.5 Å². The van der Waals surface area contributed by atoms with Crippen LogP contribution in [0, 0.1) is 12.8 Å². The van der Waals surface area contributed by atoms with Crippen molar-refractivity contribution in [2.75, 3.05) is 19.6 Å². The van der Waals surface area contributed by atoms with Crippen LogP contribution in [0.15, 0.2) is 10.5 Å². The number of nitrogens with one attached hydrogen (secondary N) is 1. The van der Waals surface area contributed by atoms with Gasteiger partial charge in [0.2, 0.25) is 0 Å². The fourth-order valence-electron chi connectivity index (χ4n) is 3.01. The summed E-state index contributed by atoms with van der Waals surface area (Å²) >= 11 is 0. The molecule has 0 aromatic carbocycles. The van der Waals surface area contributed by atoms with Gasteiger partial charge < -0.3 is 9.73 Å². The summed E-state index contributed by atoms with van der Waals surface area (Å²) in [5, 5.41) is 3.40. The molecule has 1 aromatic heterocycles. The predicted molar refractivity (Wildman–Crippen MR) is 83.7 cm³/mol. The Morgan fingerprint density at radius 1 is 1.30 bits per heavy atom. The van der Waals surface area contributed by atoms with E-state index in [1.54, 1.807) is 0 Å². The number of furan rings is 1. The molecule has 114 valence electrons. The van der Waals surface area contributed by atoms with Crippen molar-refractivity contribution in [2.24, 2.45) is 5.92 Å². The summed E-state index contributed by atoms with van der Waals surface area (Å²) in [6.45, 7) is 12.0. The first-order chi connectivity index (χ1) is 9.72. The van der Waals surface area contributed by atoms with E-state index in [9.17, 15) is 0 Å². The van der Waals surface area contributed by atoms with Crippen molar-refractivity contribution >= 4 is 0 Å². The highest BCUT2D eigenvalue weighted by atomic mass is 16.3. The standard InChI is InChI=1S/C17H30N2O/c1-4-8-18-12-17-11-16(14(3)20-17)13-19-9-6-15(5-2)7-10-19/h11,15,18H,4-10,12-13H2,1-3H3. The number of rotatable bonds is 7. The summed E-state index contributed by atoms with van der Waals surface area (Å²) < 4.78 is 5.86. The van der Waals surface area contributed by atoms with Gasteiger partial charge in [0.25, 0.3) is 0 Å². The lowest BCUT2D eigenvalue weighted by atomic mass is 9.94. The van der Waals surface area contributed by atoms with Crippen molar-refractivity contribution in [2.45, 2.75) is 59.5 Å². The normalized spacial score (nSPS) is 17.8. The third kappa shape index (κ3) is 4.35. The molecule has 1 fully saturated rings. The quantitative estimate of drug-likeness (QED) is 0.771. The summed E-state index contributed by atoms with van der Waals surface area (Å²) in [6.07, 6.45) is 5.22. The topological polar surface area (TPSA) is 28.4 Å². The van der Waals surface area contributed by atoms with Crippen LogP contribution in [0.1, 0.15) is 56.6 Å². The van der Waals surface area contributed by atoms with E-state index >= 15 is 0 Å². The number of hydrogen-bond donors (Lipinski definition) is 1. The molecule has 3 heteroatoms. The van der Waals surface area contributed by atoms with Gasteiger partial charge in [-0.2, -0.15) is 0 Å². The lowest BCUT2D eigenvalue weighted by Crippen LogP contribution is -2.33. The Kier molecular flexibility index (Phi) is 6.11. The number of nitrogens with zero attached hydrogens (tertiary/aromatic N) is 1. The van der Waals surface area contributed by atoms with Crippen LogP contribution in [0.25, 0.3) is 0 Å². The van der Waals surface area contributed by atoms with Gasteiger partial charge >= 0.3 is 0 Å². The van der Waals surface area contributed by atoms with Crippen LogP contribution < -0.4 is 5.32 Å². The monoisotopic (exact) mass is 278 g/mol. The van der Waals surface area contributed by atoms with Gasteiger partial charge in [0.05, 0.1) is 6.54 Å². The van der Waals surface area contributed by atoms with Crippen LogP contribution in [0.2, 0.25) is 0 Å². The first-order valence-corrected chi connectivity index (χ1v) is 8.24. The van der Waals surface area contributed by atoms with Crippen molar-refractivity contribution in [1.29, 1.82) is 0 Å². The van der Waals surface area contributed by atoms with E-state index < -0.39 is 0 Å². The van der Waals surface area contributed by atoms with Gasteiger partial charge in [-0.25, -0.2) is 0 Å². The molecule has 1 N–H and O–H groups in total. The maximum absolute atomic E-state index is 5.86. The molecule has 20 heavy (non-hydrogen) atoms. The molecule has 1 saturated heterocycles. The van der Waals surface area contributed by atoms with E-state index in [0.29, 0.717) is 0 Å². The zero-order valence-corrected chi connectivity index (χ0v) is 13.4. The summed E-state index contributed by atoms with van der Waals surface area (Å²) in [5.41, 5.74) is 1.37. The number of likely N-dealkylation sites (tertiary alicyclic amines) is 1. The molecule has 0 saturated carbocycles. The zero-order valence-electron chi connectivity index (χ0n) is 13.4. The first kappa shape index (κ1) is 15.6. The Labute approximate surface area is 123 Å². The van der Waals surface area contributed by atoms with Gasteiger partial charge in [-0.1, -0.05) is 20.3 Å². The van der Waals surface area contributed by atoms with Crippen LogP contribution >= 0.6 is 0 Å². The van der Waals surface area contributed by atoms with E-state index in [1.165, 1.54) is 44.3 Å². The Bertz CT molecular complexity index is 392. The smallest absolute Gasteiger partial charge is 0.118 e. The van der Waals surface area contributed by atoms with Crippen molar-refractivity contribution in [3.05, 3.63) is 23.2 Å². The van der Waals surface area contributed by atoms with E-state index in [1.807, 2.05) is 0 Å². The molecule has 0 amide bonds. The van der Waals surface area contributed by atoms with Gasteiger partial charge in [-0.05, 0) is 57.8 Å².